The maximum absolute atomic E-state index is 12.2. The lowest BCUT2D eigenvalue weighted by atomic mass is 10.1. The second-order valence-corrected chi connectivity index (χ2v) is 8.05. The standard InChI is InChI=1S/C24H24N4O3S/c1-16-5-4-6-18(13-16)23-26-24-28(27-23)19(15-32-24)11-12-25-22(29)10-8-17-7-9-20(30-2)21(14-17)31-3/h4-10,13-15H,11-12H2,1-3H3,(H,25,29). The Balaban J connectivity index is 1.36. The summed E-state index contributed by atoms with van der Waals surface area (Å²) in [5.41, 5.74) is 4.04. The number of amides is 1. The summed E-state index contributed by atoms with van der Waals surface area (Å²) < 4.78 is 12.4. The number of ether oxygens (including phenoxy) is 2. The molecule has 1 amide bonds. The van der Waals surface area contributed by atoms with Gasteiger partial charge < -0.3 is 14.8 Å². The van der Waals surface area contributed by atoms with Crippen LogP contribution < -0.4 is 14.8 Å². The number of nitrogens with zero attached hydrogens (tertiary/aromatic N) is 3. The predicted octanol–water partition coefficient (Wildman–Crippen LogP) is 4.16. The average molecular weight is 449 g/mol. The number of aromatic nitrogens is 3. The van der Waals surface area contributed by atoms with Gasteiger partial charge in [0.15, 0.2) is 17.3 Å². The van der Waals surface area contributed by atoms with Crippen LogP contribution in [-0.2, 0) is 11.2 Å². The number of thiazole rings is 1. The third kappa shape index (κ3) is 4.81. The Bertz CT molecular complexity index is 1280. The first kappa shape index (κ1) is 21.6. The molecule has 0 fully saturated rings. The molecule has 0 aliphatic carbocycles. The molecule has 2 aromatic carbocycles. The minimum absolute atomic E-state index is 0.162. The number of aryl methyl sites for hydroxylation is 1. The highest BCUT2D eigenvalue weighted by molar-refractivity contribution is 7.15. The Hall–Kier alpha value is -3.65. The normalized spacial score (nSPS) is 11.2. The van der Waals surface area contributed by atoms with Crippen molar-refractivity contribution in [3.8, 4) is 22.9 Å². The molecule has 164 valence electrons. The number of hydrogen-bond acceptors (Lipinski definition) is 6. The fourth-order valence-corrected chi connectivity index (χ4v) is 4.16. The fraction of sp³-hybridized carbons (Fsp3) is 0.208. The van der Waals surface area contributed by atoms with Crippen LogP contribution >= 0.6 is 11.3 Å². The van der Waals surface area contributed by atoms with Crippen molar-refractivity contribution in [1.82, 2.24) is 19.9 Å². The highest BCUT2D eigenvalue weighted by Gasteiger charge is 2.11. The average Bonchev–Trinajstić information content (AvgIpc) is 3.39. The third-order valence-electron chi connectivity index (χ3n) is 4.94. The first-order valence-corrected chi connectivity index (χ1v) is 11.0. The highest BCUT2D eigenvalue weighted by atomic mass is 32.1. The second-order valence-electron chi connectivity index (χ2n) is 7.22. The van der Waals surface area contributed by atoms with Crippen LogP contribution in [0.4, 0.5) is 0 Å². The number of methoxy groups -OCH3 is 2. The smallest absolute Gasteiger partial charge is 0.244 e. The largest absolute Gasteiger partial charge is 0.493 e. The van der Waals surface area contributed by atoms with E-state index >= 15 is 0 Å². The van der Waals surface area contributed by atoms with Gasteiger partial charge in [0, 0.05) is 30.0 Å². The molecule has 2 heterocycles. The monoisotopic (exact) mass is 448 g/mol. The van der Waals surface area contributed by atoms with Gasteiger partial charge in [0.2, 0.25) is 10.9 Å². The van der Waals surface area contributed by atoms with Gasteiger partial charge >= 0.3 is 0 Å². The second kappa shape index (κ2) is 9.65. The molecule has 0 spiro atoms. The zero-order valence-electron chi connectivity index (χ0n) is 18.2. The topological polar surface area (TPSA) is 77.8 Å². The molecule has 0 atom stereocenters. The van der Waals surface area contributed by atoms with Crippen molar-refractivity contribution in [2.45, 2.75) is 13.3 Å². The molecular formula is C24H24N4O3S. The minimum Gasteiger partial charge on any atom is -0.493 e. The lowest BCUT2D eigenvalue weighted by molar-refractivity contribution is -0.116. The van der Waals surface area contributed by atoms with Crippen molar-refractivity contribution in [3.63, 3.8) is 0 Å². The van der Waals surface area contributed by atoms with E-state index in [4.69, 9.17) is 9.47 Å². The minimum atomic E-state index is -0.162. The fourth-order valence-electron chi connectivity index (χ4n) is 3.30. The number of carbonyl (C=O) groups excluding carboxylic acids is 1. The number of fused-ring (bicyclic) bond motifs is 1. The Kier molecular flexibility index (Phi) is 6.51. The molecule has 0 saturated heterocycles. The lowest BCUT2D eigenvalue weighted by Crippen LogP contribution is -2.23. The Morgan fingerprint density at radius 2 is 2.00 bits per heavy atom. The third-order valence-corrected chi connectivity index (χ3v) is 5.81. The number of carbonyl (C=O) groups is 1. The quantitative estimate of drug-likeness (QED) is 0.410. The van der Waals surface area contributed by atoms with E-state index < -0.39 is 0 Å². The summed E-state index contributed by atoms with van der Waals surface area (Å²) in [6, 6.07) is 13.6. The van der Waals surface area contributed by atoms with Crippen LogP contribution in [0.1, 0.15) is 16.8 Å². The molecule has 0 aliphatic heterocycles. The molecule has 7 nitrogen and oxygen atoms in total. The van der Waals surface area contributed by atoms with Gasteiger partial charge in [0.25, 0.3) is 0 Å². The van der Waals surface area contributed by atoms with E-state index in [2.05, 4.69) is 34.5 Å². The summed E-state index contributed by atoms with van der Waals surface area (Å²) in [6.45, 7) is 2.55. The van der Waals surface area contributed by atoms with Crippen molar-refractivity contribution in [1.29, 1.82) is 0 Å². The molecule has 0 bridgehead atoms. The molecule has 32 heavy (non-hydrogen) atoms. The molecule has 2 aromatic heterocycles. The number of rotatable bonds is 8. The summed E-state index contributed by atoms with van der Waals surface area (Å²) in [5.74, 6) is 1.82. The van der Waals surface area contributed by atoms with Crippen LogP contribution in [-0.4, -0.2) is 41.3 Å². The van der Waals surface area contributed by atoms with Crippen LogP contribution in [0.2, 0.25) is 0 Å². The van der Waals surface area contributed by atoms with E-state index in [1.165, 1.54) is 11.6 Å². The van der Waals surface area contributed by atoms with Crippen molar-refractivity contribution in [2.75, 3.05) is 20.8 Å². The molecule has 0 aliphatic rings. The van der Waals surface area contributed by atoms with Gasteiger partial charge in [-0.25, -0.2) is 4.52 Å². The Morgan fingerprint density at radius 3 is 2.78 bits per heavy atom. The number of benzene rings is 2. The first-order chi connectivity index (χ1) is 15.6. The zero-order valence-corrected chi connectivity index (χ0v) is 19.0. The van der Waals surface area contributed by atoms with Crippen LogP contribution in [0.5, 0.6) is 11.5 Å². The summed E-state index contributed by atoms with van der Waals surface area (Å²) in [5, 5.41) is 9.60. The molecule has 8 heteroatoms. The molecule has 0 unspecified atom stereocenters. The van der Waals surface area contributed by atoms with Crippen molar-refractivity contribution >= 4 is 28.3 Å². The van der Waals surface area contributed by atoms with Gasteiger partial charge in [-0.2, -0.15) is 4.98 Å². The number of nitrogens with one attached hydrogen (secondary N) is 1. The number of hydrogen-bond donors (Lipinski definition) is 1. The summed E-state index contributed by atoms with van der Waals surface area (Å²) in [6.07, 6.45) is 3.91. The van der Waals surface area contributed by atoms with E-state index in [9.17, 15) is 4.79 Å². The van der Waals surface area contributed by atoms with Gasteiger partial charge in [0.1, 0.15) is 0 Å². The first-order valence-electron chi connectivity index (χ1n) is 10.2. The maximum Gasteiger partial charge on any atom is 0.244 e. The van der Waals surface area contributed by atoms with E-state index in [-0.39, 0.29) is 5.91 Å². The van der Waals surface area contributed by atoms with Gasteiger partial charge in [0.05, 0.1) is 19.9 Å². The molecule has 1 N–H and O–H groups in total. The van der Waals surface area contributed by atoms with Crippen LogP contribution in [0.25, 0.3) is 22.4 Å². The van der Waals surface area contributed by atoms with Gasteiger partial charge in [-0.1, -0.05) is 29.8 Å². The Labute approximate surface area is 190 Å². The van der Waals surface area contributed by atoms with Crippen LogP contribution in [0.15, 0.2) is 53.9 Å². The Morgan fingerprint density at radius 1 is 1.16 bits per heavy atom. The van der Waals surface area contributed by atoms with E-state index in [1.807, 2.05) is 34.2 Å². The van der Waals surface area contributed by atoms with Crippen LogP contribution in [0.3, 0.4) is 0 Å². The lowest BCUT2D eigenvalue weighted by Gasteiger charge is -2.07. The molecule has 4 aromatic rings. The predicted molar refractivity (Wildman–Crippen MR) is 126 cm³/mol. The van der Waals surface area contributed by atoms with Crippen LogP contribution in [0, 0.1) is 6.92 Å². The van der Waals surface area contributed by atoms with E-state index in [0.29, 0.717) is 30.3 Å². The molecular weight excluding hydrogens is 424 g/mol. The van der Waals surface area contributed by atoms with E-state index in [1.54, 1.807) is 37.7 Å². The van der Waals surface area contributed by atoms with Gasteiger partial charge in [-0.05, 0) is 36.8 Å². The van der Waals surface area contributed by atoms with Crippen molar-refractivity contribution < 1.29 is 14.3 Å². The van der Waals surface area contributed by atoms with Crippen molar-refractivity contribution in [3.05, 3.63) is 70.7 Å². The summed E-state index contributed by atoms with van der Waals surface area (Å²) in [7, 11) is 3.17. The SMILES string of the molecule is COc1ccc(C=CC(=O)NCCc2csc3nc(-c4cccc(C)c4)nn23)cc1OC. The molecule has 0 radical (unpaired) electrons. The molecule has 0 saturated carbocycles. The zero-order chi connectivity index (χ0) is 22.5. The van der Waals surface area contributed by atoms with E-state index in [0.717, 1.165) is 21.8 Å². The van der Waals surface area contributed by atoms with Gasteiger partial charge in [-0.3, -0.25) is 4.79 Å². The summed E-state index contributed by atoms with van der Waals surface area (Å²) in [4.78, 5) is 17.7. The summed E-state index contributed by atoms with van der Waals surface area (Å²) >= 11 is 1.55. The maximum atomic E-state index is 12.2. The van der Waals surface area contributed by atoms with Crippen molar-refractivity contribution in [2.24, 2.45) is 0 Å². The highest BCUT2D eigenvalue weighted by Crippen LogP contribution is 2.28. The van der Waals surface area contributed by atoms with Gasteiger partial charge in [-0.15, -0.1) is 16.4 Å². The molecule has 4 rings (SSSR count).